The highest BCUT2D eigenvalue weighted by Crippen LogP contribution is 2.08. The summed E-state index contributed by atoms with van der Waals surface area (Å²) < 4.78 is 31.4. The highest BCUT2D eigenvalue weighted by Gasteiger charge is 2.17. The van der Waals surface area contributed by atoms with E-state index in [1.165, 1.54) is 12.1 Å². The minimum Gasteiger partial charge on any atom is -0.380 e. The average molecular weight is 269 g/mol. The van der Waals surface area contributed by atoms with Crippen molar-refractivity contribution in [3.63, 3.8) is 0 Å². The van der Waals surface area contributed by atoms with Crippen molar-refractivity contribution in [2.24, 2.45) is 0 Å². The Bertz CT molecular complexity index is 519. The van der Waals surface area contributed by atoms with Crippen LogP contribution in [0.5, 0.6) is 0 Å². The van der Waals surface area contributed by atoms with Crippen LogP contribution in [-0.4, -0.2) is 32.7 Å². The Morgan fingerprint density at radius 1 is 1.56 bits per heavy atom. The van der Waals surface area contributed by atoms with Crippen LogP contribution in [-0.2, 0) is 14.8 Å². The molecule has 0 fully saturated rings. The molecule has 0 aliphatic heterocycles. The lowest BCUT2D eigenvalue weighted by molar-refractivity contribution is 0.133. The molecule has 7 heteroatoms. The van der Waals surface area contributed by atoms with Crippen molar-refractivity contribution in [2.45, 2.75) is 24.8 Å². The smallest absolute Gasteiger partial charge is 0.242 e. The van der Waals surface area contributed by atoms with Gasteiger partial charge >= 0.3 is 0 Å². The Morgan fingerprint density at radius 3 is 2.78 bits per heavy atom. The number of nitrogens with one attached hydrogen (secondary N) is 1. The molecule has 1 unspecified atom stereocenters. The number of nitriles is 1. The van der Waals surface area contributed by atoms with Gasteiger partial charge in [-0.25, -0.2) is 18.1 Å². The Morgan fingerprint density at radius 2 is 2.28 bits per heavy atom. The van der Waals surface area contributed by atoms with Crippen LogP contribution in [0.1, 0.15) is 19.5 Å². The lowest BCUT2D eigenvalue weighted by Crippen LogP contribution is -2.35. The summed E-state index contributed by atoms with van der Waals surface area (Å²) in [6.07, 6.45) is 1.16. The molecule has 0 spiro atoms. The zero-order valence-electron chi connectivity index (χ0n) is 10.3. The van der Waals surface area contributed by atoms with Crippen molar-refractivity contribution < 1.29 is 13.2 Å². The van der Waals surface area contributed by atoms with Gasteiger partial charge in [-0.3, -0.25) is 0 Å². The maximum absolute atomic E-state index is 11.9. The third-order valence-corrected chi connectivity index (χ3v) is 3.66. The monoisotopic (exact) mass is 269 g/mol. The highest BCUT2D eigenvalue weighted by molar-refractivity contribution is 7.89. The molecule has 1 aromatic rings. The van der Waals surface area contributed by atoms with Gasteiger partial charge in [0.1, 0.15) is 16.7 Å². The van der Waals surface area contributed by atoms with Crippen LogP contribution in [0.15, 0.2) is 23.2 Å². The minimum atomic E-state index is -3.62. The molecule has 0 aliphatic rings. The van der Waals surface area contributed by atoms with Crippen LogP contribution in [0, 0.1) is 11.3 Å². The zero-order valence-corrected chi connectivity index (χ0v) is 11.1. The summed E-state index contributed by atoms with van der Waals surface area (Å²) in [5.41, 5.74) is 0.177. The summed E-state index contributed by atoms with van der Waals surface area (Å²) in [6, 6.07) is 4.21. The van der Waals surface area contributed by atoms with Crippen molar-refractivity contribution in [3.05, 3.63) is 24.0 Å². The molecule has 0 amide bonds. The van der Waals surface area contributed by atoms with E-state index >= 15 is 0 Å². The molecule has 1 heterocycles. The van der Waals surface area contributed by atoms with E-state index < -0.39 is 10.0 Å². The molecule has 0 aromatic carbocycles. The minimum absolute atomic E-state index is 0.0323. The fourth-order valence-electron chi connectivity index (χ4n) is 1.27. The van der Waals surface area contributed by atoms with Gasteiger partial charge in [0.2, 0.25) is 10.0 Å². The number of hydrogen-bond donors (Lipinski definition) is 1. The summed E-state index contributed by atoms with van der Waals surface area (Å²) in [5.74, 6) is 0. The topological polar surface area (TPSA) is 92.1 Å². The maximum atomic E-state index is 11.9. The molecular weight excluding hydrogens is 254 g/mol. The van der Waals surface area contributed by atoms with Crippen LogP contribution in [0.2, 0.25) is 0 Å². The van der Waals surface area contributed by atoms with Gasteiger partial charge in [-0.15, -0.1) is 0 Å². The molecule has 6 nitrogen and oxygen atoms in total. The van der Waals surface area contributed by atoms with E-state index in [1.807, 2.05) is 13.0 Å². The van der Waals surface area contributed by atoms with Crippen molar-refractivity contribution in [1.29, 1.82) is 5.26 Å². The molecule has 0 aliphatic carbocycles. The summed E-state index contributed by atoms with van der Waals surface area (Å²) in [5, 5.41) is 8.58. The Balaban J connectivity index is 2.76. The zero-order chi connectivity index (χ0) is 13.6. The highest BCUT2D eigenvalue weighted by atomic mass is 32.2. The first-order valence-electron chi connectivity index (χ1n) is 5.46. The third-order valence-electron chi connectivity index (χ3n) is 2.09. The normalized spacial score (nSPS) is 12.9. The lowest BCUT2D eigenvalue weighted by atomic mass is 10.4. The second-order valence-corrected chi connectivity index (χ2v) is 5.39. The maximum Gasteiger partial charge on any atom is 0.242 e. The van der Waals surface area contributed by atoms with Crippen molar-refractivity contribution in [1.82, 2.24) is 9.71 Å². The summed E-state index contributed by atoms with van der Waals surface area (Å²) in [4.78, 5) is 3.75. The summed E-state index contributed by atoms with van der Waals surface area (Å²) in [7, 11) is -3.62. The first kappa shape index (κ1) is 14.6. The number of ether oxygens (including phenoxy) is 1. The van der Waals surface area contributed by atoms with Crippen LogP contribution in [0.25, 0.3) is 0 Å². The van der Waals surface area contributed by atoms with Crippen LogP contribution < -0.4 is 4.72 Å². The Kier molecular flexibility index (Phi) is 5.22. The summed E-state index contributed by atoms with van der Waals surface area (Å²) >= 11 is 0. The van der Waals surface area contributed by atoms with Crippen LogP contribution in [0.4, 0.5) is 0 Å². The number of hydrogen-bond acceptors (Lipinski definition) is 5. The second-order valence-electron chi connectivity index (χ2n) is 3.67. The molecule has 1 atom stereocenters. The molecule has 18 heavy (non-hydrogen) atoms. The van der Waals surface area contributed by atoms with Gasteiger partial charge in [0.15, 0.2) is 0 Å². The molecule has 0 radical (unpaired) electrons. The lowest BCUT2D eigenvalue weighted by Gasteiger charge is -2.13. The molecule has 1 aromatic heterocycles. The van der Waals surface area contributed by atoms with E-state index in [0.717, 1.165) is 6.20 Å². The van der Waals surface area contributed by atoms with E-state index in [4.69, 9.17) is 10.00 Å². The molecule has 0 saturated carbocycles. The van der Waals surface area contributed by atoms with Gasteiger partial charge in [-0.1, -0.05) is 0 Å². The molecule has 0 saturated heterocycles. The van der Waals surface area contributed by atoms with Gasteiger partial charge in [0.05, 0.1) is 6.61 Å². The van der Waals surface area contributed by atoms with Gasteiger partial charge < -0.3 is 4.74 Å². The molecule has 1 N–H and O–H groups in total. The Hall–Kier alpha value is -1.49. The van der Waals surface area contributed by atoms with E-state index in [1.54, 1.807) is 6.92 Å². The number of nitrogens with zero attached hydrogens (tertiary/aromatic N) is 2. The molecule has 98 valence electrons. The molecule has 0 bridgehead atoms. The predicted molar refractivity (Wildman–Crippen MR) is 65.2 cm³/mol. The number of aromatic nitrogens is 1. The standard InChI is InChI=1S/C11H15N3O3S/c1-3-17-8-9(2)14-18(15,16)11-5-4-10(6-12)13-7-11/h4-5,7,9,14H,3,8H2,1-2H3. The number of rotatable bonds is 6. The van der Waals surface area contributed by atoms with Gasteiger partial charge in [-0.05, 0) is 26.0 Å². The Labute approximate surface area is 107 Å². The average Bonchev–Trinajstić information content (AvgIpc) is 2.36. The predicted octanol–water partition coefficient (Wildman–Crippen LogP) is 0.657. The van der Waals surface area contributed by atoms with Crippen molar-refractivity contribution >= 4 is 10.0 Å². The quantitative estimate of drug-likeness (QED) is 0.818. The first-order chi connectivity index (χ1) is 8.49. The summed E-state index contributed by atoms with van der Waals surface area (Å²) in [6.45, 7) is 4.39. The van der Waals surface area contributed by atoms with Gasteiger partial charge in [-0.2, -0.15) is 5.26 Å². The molecular formula is C11H15N3O3S. The van der Waals surface area contributed by atoms with E-state index in [-0.39, 0.29) is 16.6 Å². The van der Waals surface area contributed by atoms with E-state index in [0.29, 0.717) is 13.2 Å². The fourth-order valence-corrected chi connectivity index (χ4v) is 2.44. The largest absolute Gasteiger partial charge is 0.380 e. The van der Waals surface area contributed by atoms with Crippen molar-refractivity contribution in [3.8, 4) is 6.07 Å². The van der Waals surface area contributed by atoms with Gasteiger partial charge in [0.25, 0.3) is 0 Å². The van der Waals surface area contributed by atoms with E-state index in [2.05, 4.69) is 9.71 Å². The number of sulfonamides is 1. The third kappa shape index (κ3) is 4.07. The fraction of sp³-hybridized carbons (Fsp3) is 0.455. The second kappa shape index (κ2) is 6.44. The SMILES string of the molecule is CCOCC(C)NS(=O)(=O)c1ccc(C#N)nc1. The first-order valence-corrected chi connectivity index (χ1v) is 6.94. The van der Waals surface area contributed by atoms with Crippen molar-refractivity contribution in [2.75, 3.05) is 13.2 Å². The van der Waals surface area contributed by atoms with Crippen LogP contribution in [0.3, 0.4) is 0 Å². The number of pyridine rings is 1. The molecule has 1 rings (SSSR count). The van der Waals surface area contributed by atoms with E-state index in [9.17, 15) is 8.42 Å². The van der Waals surface area contributed by atoms with Gasteiger partial charge in [0, 0.05) is 18.8 Å². The van der Waals surface area contributed by atoms with Crippen LogP contribution >= 0.6 is 0 Å².